The number of alkyl halides is 1. The van der Waals surface area contributed by atoms with Crippen LogP contribution in [0.2, 0.25) is 0 Å². The van der Waals surface area contributed by atoms with E-state index in [1.165, 1.54) is 49.1 Å². The third-order valence-corrected chi connectivity index (χ3v) is 9.12. The van der Waals surface area contributed by atoms with Crippen LogP contribution in [0, 0.1) is 10.1 Å². The molecule has 2 aliphatic heterocycles. The molecule has 0 aliphatic carbocycles. The van der Waals surface area contributed by atoms with E-state index in [4.69, 9.17) is 31.6 Å². The average Bonchev–Trinajstić information content (AvgIpc) is 3.52. The van der Waals surface area contributed by atoms with Gasteiger partial charge >= 0.3 is 5.97 Å². The molecule has 2 aromatic carbocycles. The Hall–Kier alpha value is -5.00. The number of halogens is 1. The van der Waals surface area contributed by atoms with Crippen molar-refractivity contribution in [3.63, 3.8) is 0 Å². The van der Waals surface area contributed by atoms with Crippen LogP contribution in [-0.4, -0.2) is 74.1 Å². The molecule has 2 amide bonds. The van der Waals surface area contributed by atoms with Crippen molar-refractivity contribution in [1.29, 1.82) is 0 Å². The number of oxime groups is 1. The van der Waals surface area contributed by atoms with Gasteiger partial charge in [0, 0.05) is 29.2 Å². The summed E-state index contributed by atoms with van der Waals surface area (Å²) in [5, 5.41) is 17.5. The Balaban J connectivity index is 1.43. The summed E-state index contributed by atoms with van der Waals surface area (Å²) >= 11 is 8.00. The molecule has 18 heteroatoms. The lowest BCUT2D eigenvalue weighted by Crippen LogP contribution is -2.71. The van der Waals surface area contributed by atoms with Crippen LogP contribution in [0.15, 0.2) is 65.0 Å². The number of benzene rings is 2. The van der Waals surface area contributed by atoms with Crippen molar-refractivity contribution in [1.82, 2.24) is 19.6 Å². The minimum atomic E-state index is -1.04. The number of nitro benzene ring substituents is 1. The molecule has 1 fully saturated rings. The molecule has 3 aromatic rings. The molecular formula is C29H26ClN7O8S2. The number of fused-ring (bicyclic) bond motifs is 1. The summed E-state index contributed by atoms with van der Waals surface area (Å²) in [5.41, 5.74) is 7.06. The molecule has 1 aromatic heterocycles. The summed E-state index contributed by atoms with van der Waals surface area (Å²) in [6.07, 6.45) is 3.03. The number of nitro groups is 1. The molecule has 2 unspecified atom stereocenters. The second kappa shape index (κ2) is 14.6. The predicted molar refractivity (Wildman–Crippen MR) is 174 cm³/mol. The van der Waals surface area contributed by atoms with Crippen LogP contribution in [-0.2, 0) is 36.4 Å². The lowest BCUT2D eigenvalue weighted by molar-refractivity contribution is -0.385. The number of methoxy groups -OCH3 is 1. The standard InChI is InChI=1S/C29H26ClN7O8S2/c1-43-19-9-4-15(5-10-19)13-45-28(40)23-18(8-7-17-6-3-16(12-30)11-20(17)37(41)42)14-46-27-22(26(39)36(23)27)32-25(38)21(34-44-2)24-33-29(31)47-35-24/h3-11,22,27H,12-14H2,1-2H3,(H,32,38)(H2,31,33,35)/b8-7+,34-21-. The van der Waals surface area contributed by atoms with Crippen molar-refractivity contribution in [3.8, 4) is 5.75 Å². The van der Waals surface area contributed by atoms with Crippen molar-refractivity contribution in [2.75, 3.05) is 25.7 Å². The number of aromatic nitrogens is 2. The topological polar surface area (TPSA) is 201 Å². The first kappa shape index (κ1) is 33.4. The first-order valence-electron chi connectivity index (χ1n) is 13.7. The summed E-state index contributed by atoms with van der Waals surface area (Å²) in [7, 11) is 2.77. The van der Waals surface area contributed by atoms with Crippen LogP contribution in [0.4, 0.5) is 10.8 Å². The summed E-state index contributed by atoms with van der Waals surface area (Å²) in [6, 6.07) is 10.4. The van der Waals surface area contributed by atoms with E-state index < -0.39 is 34.1 Å². The van der Waals surface area contributed by atoms with Crippen LogP contribution in [0.5, 0.6) is 5.75 Å². The fourth-order valence-electron chi connectivity index (χ4n) is 4.68. The number of anilines is 1. The van der Waals surface area contributed by atoms with Crippen LogP contribution in [0.3, 0.4) is 0 Å². The van der Waals surface area contributed by atoms with Gasteiger partial charge in [-0.15, -0.1) is 23.4 Å². The molecule has 15 nitrogen and oxygen atoms in total. The number of rotatable bonds is 12. The number of amides is 2. The van der Waals surface area contributed by atoms with Gasteiger partial charge in [-0.1, -0.05) is 29.4 Å². The van der Waals surface area contributed by atoms with Crippen LogP contribution in [0.25, 0.3) is 6.08 Å². The highest BCUT2D eigenvalue weighted by Gasteiger charge is 2.54. The average molecular weight is 700 g/mol. The summed E-state index contributed by atoms with van der Waals surface area (Å²) in [5.74, 6) is -1.30. The Morgan fingerprint density at radius 2 is 1.96 bits per heavy atom. The zero-order valence-corrected chi connectivity index (χ0v) is 27.1. The molecule has 244 valence electrons. The van der Waals surface area contributed by atoms with Crippen molar-refractivity contribution in [3.05, 3.63) is 92.4 Å². The third kappa shape index (κ3) is 7.21. The maximum atomic E-state index is 13.6. The first-order chi connectivity index (χ1) is 22.6. The fraction of sp³-hybridized carbons (Fsp3) is 0.241. The largest absolute Gasteiger partial charge is 0.497 e. The Morgan fingerprint density at radius 3 is 2.60 bits per heavy atom. The minimum Gasteiger partial charge on any atom is -0.497 e. The van der Waals surface area contributed by atoms with Gasteiger partial charge < -0.3 is 25.4 Å². The van der Waals surface area contributed by atoms with Gasteiger partial charge in [0.15, 0.2) is 5.13 Å². The molecule has 0 spiro atoms. The quantitative estimate of drug-likeness (QED) is 0.0699. The lowest BCUT2D eigenvalue weighted by atomic mass is 10.0. The number of nitrogen functional groups attached to an aromatic ring is 1. The Bertz CT molecular complexity index is 1810. The minimum absolute atomic E-state index is 0.0474. The number of thioether (sulfide) groups is 1. The molecule has 47 heavy (non-hydrogen) atoms. The fourth-order valence-corrected chi connectivity index (χ4v) is 6.60. The normalized spacial score (nSPS) is 17.6. The number of allylic oxidation sites excluding steroid dienone is 1. The molecule has 2 atom stereocenters. The van der Waals surface area contributed by atoms with Gasteiger partial charge in [0.05, 0.1) is 17.6 Å². The molecule has 3 heterocycles. The Labute approximate surface area is 280 Å². The molecular weight excluding hydrogens is 674 g/mol. The number of β-lactam (4-membered cyclic amide) rings is 1. The number of nitrogens with zero attached hydrogens (tertiary/aromatic N) is 5. The maximum Gasteiger partial charge on any atom is 0.355 e. The highest BCUT2D eigenvalue weighted by atomic mass is 35.5. The lowest BCUT2D eigenvalue weighted by Gasteiger charge is -2.49. The molecule has 0 bridgehead atoms. The predicted octanol–water partition coefficient (Wildman–Crippen LogP) is 3.24. The second-order valence-electron chi connectivity index (χ2n) is 9.85. The number of carbonyl (C=O) groups is 3. The zero-order chi connectivity index (χ0) is 33.7. The summed E-state index contributed by atoms with van der Waals surface area (Å²) in [6.45, 7) is -0.102. The van der Waals surface area contributed by atoms with E-state index >= 15 is 0 Å². The number of hydrogen-bond acceptors (Lipinski definition) is 14. The number of esters is 1. The molecule has 3 N–H and O–H groups in total. The Morgan fingerprint density at radius 1 is 1.21 bits per heavy atom. The van der Waals surface area contributed by atoms with Crippen LogP contribution in [0.1, 0.15) is 22.5 Å². The Kier molecular flexibility index (Phi) is 10.4. The van der Waals surface area contributed by atoms with E-state index in [2.05, 4.69) is 19.8 Å². The molecule has 1 saturated heterocycles. The zero-order valence-electron chi connectivity index (χ0n) is 24.7. The van der Waals surface area contributed by atoms with E-state index in [9.17, 15) is 24.5 Å². The van der Waals surface area contributed by atoms with Crippen LogP contribution >= 0.6 is 34.9 Å². The molecule has 0 radical (unpaired) electrons. The number of ether oxygens (including phenoxy) is 2. The molecule has 0 saturated carbocycles. The third-order valence-electron chi connectivity index (χ3n) is 6.97. The number of carbonyl (C=O) groups excluding carboxylic acids is 3. The SMILES string of the molecule is CO/N=C(\C(=O)NC1C(=O)N2C(C(=O)OCc3ccc(OC)cc3)=C(/C=C/c3ccc(CCl)cc3[N+](=O)[O-])CSC12)c1nsc(N)n1. The molecule has 2 aliphatic rings. The number of nitrogens with two attached hydrogens (primary N) is 1. The first-order valence-corrected chi connectivity index (χ1v) is 16.0. The van der Waals surface area contributed by atoms with Crippen LogP contribution < -0.4 is 15.8 Å². The van der Waals surface area contributed by atoms with Crippen molar-refractivity contribution >= 4 is 75.3 Å². The smallest absolute Gasteiger partial charge is 0.355 e. The summed E-state index contributed by atoms with van der Waals surface area (Å²) < 4.78 is 14.8. The maximum absolute atomic E-state index is 13.6. The van der Waals surface area contributed by atoms with Gasteiger partial charge in [0.2, 0.25) is 11.5 Å². The van der Waals surface area contributed by atoms with Crippen molar-refractivity contribution < 1.29 is 33.6 Å². The van der Waals surface area contributed by atoms with E-state index in [-0.39, 0.29) is 51.9 Å². The molecule has 5 rings (SSSR count). The van der Waals surface area contributed by atoms with Crippen molar-refractivity contribution in [2.45, 2.75) is 23.9 Å². The van der Waals surface area contributed by atoms with Gasteiger partial charge in [-0.3, -0.25) is 24.6 Å². The second-order valence-corrected chi connectivity index (χ2v) is 12.0. The number of nitrogens with one attached hydrogen (secondary N) is 1. The van der Waals surface area contributed by atoms with E-state index in [1.807, 2.05) is 0 Å². The van der Waals surface area contributed by atoms with E-state index in [0.717, 1.165) is 11.5 Å². The van der Waals surface area contributed by atoms with Gasteiger partial charge in [-0.2, -0.15) is 9.36 Å². The van der Waals surface area contributed by atoms with E-state index in [1.54, 1.807) is 36.4 Å². The van der Waals surface area contributed by atoms with Crippen molar-refractivity contribution in [2.24, 2.45) is 5.16 Å². The van der Waals surface area contributed by atoms with Gasteiger partial charge in [0.1, 0.15) is 36.6 Å². The highest BCUT2D eigenvalue weighted by molar-refractivity contribution is 8.00. The number of hydrogen-bond donors (Lipinski definition) is 2. The van der Waals surface area contributed by atoms with E-state index in [0.29, 0.717) is 22.4 Å². The summed E-state index contributed by atoms with van der Waals surface area (Å²) in [4.78, 5) is 61.5. The van der Waals surface area contributed by atoms with Gasteiger partial charge in [0.25, 0.3) is 17.5 Å². The van der Waals surface area contributed by atoms with Gasteiger partial charge in [-0.05, 0) is 41.0 Å². The van der Waals surface area contributed by atoms with Gasteiger partial charge in [-0.25, -0.2) is 4.79 Å². The monoisotopic (exact) mass is 699 g/mol. The highest BCUT2D eigenvalue weighted by Crippen LogP contribution is 2.41.